The minimum absolute atomic E-state index is 0.150. The maximum atomic E-state index is 12.6. The zero-order valence-corrected chi connectivity index (χ0v) is 16.4. The summed E-state index contributed by atoms with van der Waals surface area (Å²) < 4.78 is 0. The highest BCUT2D eigenvalue weighted by molar-refractivity contribution is 7.99. The van der Waals surface area contributed by atoms with Gasteiger partial charge in [0.2, 0.25) is 5.91 Å². The van der Waals surface area contributed by atoms with Crippen LogP contribution in [0.5, 0.6) is 0 Å². The van der Waals surface area contributed by atoms with Crippen LogP contribution in [-0.2, 0) is 4.79 Å². The summed E-state index contributed by atoms with van der Waals surface area (Å²) in [7, 11) is 2.18. The SMILES string of the molecule is CN1CCCN(C[C@@H]2CN(C(=O)CSc3ccccn3)C[C@@H]2CO)CC1. The number of likely N-dealkylation sites (N-methyl/N-ethyl adjacent to an activating group) is 1. The molecule has 1 aromatic rings. The molecule has 0 radical (unpaired) electrons. The number of aliphatic hydroxyl groups excluding tert-OH is 1. The van der Waals surface area contributed by atoms with Crippen molar-refractivity contribution in [2.24, 2.45) is 11.8 Å². The lowest BCUT2D eigenvalue weighted by atomic mass is 9.96. The highest BCUT2D eigenvalue weighted by Crippen LogP contribution is 2.26. The van der Waals surface area contributed by atoms with Gasteiger partial charge in [0.15, 0.2) is 0 Å². The molecule has 0 saturated carbocycles. The van der Waals surface area contributed by atoms with Gasteiger partial charge in [-0.05, 0) is 44.6 Å². The van der Waals surface area contributed by atoms with Gasteiger partial charge in [-0.25, -0.2) is 4.98 Å². The molecule has 0 spiro atoms. The number of likely N-dealkylation sites (tertiary alicyclic amines) is 1. The molecule has 6 nitrogen and oxygen atoms in total. The lowest BCUT2D eigenvalue weighted by Crippen LogP contribution is -2.36. The Morgan fingerprint density at radius 2 is 2.08 bits per heavy atom. The number of nitrogens with zero attached hydrogens (tertiary/aromatic N) is 4. The summed E-state index contributed by atoms with van der Waals surface area (Å²) in [6, 6.07) is 5.74. The van der Waals surface area contributed by atoms with Crippen molar-refractivity contribution in [3.63, 3.8) is 0 Å². The average Bonchev–Trinajstić information content (AvgIpc) is 2.96. The predicted molar refractivity (Wildman–Crippen MR) is 104 cm³/mol. The first-order valence-corrected chi connectivity index (χ1v) is 10.5. The van der Waals surface area contributed by atoms with Crippen molar-refractivity contribution < 1.29 is 9.90 Å². The first-order chi connectivity index (χ1) is 12.7. The number of thioether (sulfide) groups is 1. The van der Waals surface area contributed by atoms with Crippen molar-refractivity contribution >= 4 is 17.7 Å². The Balaban J connectivity index is 1.50. The third-order valence-electron chi connectivity index (χ3n) is 5.45. The van der Waals surface area contributed by atoms with Crippen LogP contribution in [0.3, 0.4) is 0 Å². The van der Waals surface area contributed by atoms with Crippen LogP contribution >= 0.6 is 11.8 Å². The van der Waals surface area contributed by atoms with E-state index in [9.17, 15) is 9.90 Å². The fraction of sp³-hybridized carbons (Fsp3) is 0.684. The second kappa shape index (κ2) is 9.69. The number of pyridine rings is 1. The normalized spacial score (nSPS) is 25.4. The Kier molecular flexibility index (Phi) is 7.31. The van der Waals surface area contributed by atoms with Gasteiger partial charge in [-0.1, -0.05) is 17.8 Å². The van der Waals surface area contributed by atoms with E-state index in [4.69, 9.17) is 0 Å². The number of aliphatic hydroxyl groups is 1. The molecule has 1 N–H and O–H groups in total. The molecular weight excluding hydrogens is 348 g/mol. The number of carbonyl (C=O) groups excluding carboxylic acids is 1. The molecule has 2 fully saturated rings. The molecule has 0 aliphatic carbocycles. The summed E-state index contributed by atoms with van der Waals surface area (Å²) in [5.74, 6) is 1.13. The number of hydrogen-bond donors (Lipinski definition) is 1. The lowest BCUT2D eigenvalue weighted by Gasteiger charge is -2.26. The van der Waals surface area contributed by atoms with Gasteiger partial charge in [0.05, 0.1) is 10.8 Å². The van der Waals surface area contributed by atoms with Gasteiger partial charge in [0.25, 0.3) is 0 Å². The summed E-state index contributed by atoms with van der Waals surface area (Å²) in [5, 5.41) is 10.7. The van der Waals surface area contributed by atoms with Gasteiger partial charge in [0, 0.05) is 51.4 Å². The Morgan fingerprint density at radius 1 is 1.23 bits per heavy atom. The van der Waals surface area contributed by atoms with Crippen LogP contribution < -0.4 is 0 Å². The number of carbonyl (C=O) groups is 1. The second-order valence-corrected chi connectivity index (χ2v) is 8.41. The third-order valence-corrected chi connectivity index (χ3v) is 6.38. The Morgan fingerprint density at radius 3 is 2.85 bits per heavy atom. The number of hydrogen-bond acceptors (Lipinski definition) is 6. The maximum absolute atomic E-state index is 12.6. The molecule has 7 heteroatoms. The standard InChI is InChI=1S/C19H30N4O2S/c1-21-7-4-8-22(10-9-21)11-16-12-23(13-17(16)14-24)19(25)15-26-18-5-2-3-6-20-18/h2-3,5-6,16-17,24H,4,7-15H2,1H3/t16-,17-/m1/s1. The molecule has 2 saturated heterocycles. The van der Waals surface area contributed by atoms with E-state index >= 15 is 0 Å². The summed E-state index contributed by atoms with van der Waals surface area (Å²) in [5.41, 5.74) is 0. The van der Waals surface area contributed by atoms with Gasteiger partial charge in [-0.3, -0.25) is 4.79 Å². The minimum atomic E-state index is 0.150. The average molecular weight is 379 g/mol. The van der Waals surface area contributed by atoms with E-state index in [1.807, 2.05) is 23.1 Å². The molecule has 2 aliphatic rings. The number of amides is 1. The van der Waals surface area contributed by atoms with Crippen LogP contribution in [0.4, 0.5) is 0 Å². The van der Waals surface area contributed by atoms with Crippen molar-refractivity contribution in [1.82, 2.24) is 19.7 Å². The van der Waals surface area contributed by atoms with Crippen LogP contribution in [0.2, 0.25) is 0 Å². The van der Waals surface area contributed by atoms with Gasteiger partial charge < -0.3 is 19.8 Å². The first-order valence-electron chi connectivity index (χ1n) is 9.49. The summed E-state index contributed by atoms with van der Waals surface area (Å²) in [6.07, 6.45) is 2.94. The van der Waals surface area contributed by atoms with Crippen LogP contribution in [0, 0.1) is 11.8 Å². The maximum Gasteiger partial charge on any atom is 0.233 e. The van der Waals surface area contributed by atoms with Gasteiger partial charge >= 0.3 is 0 Å². The van der Waals surface area contributed by atoms with E-state index in [1.54, 1.807) is 6.20 Å². The highest BCUT2D eigenvalue weighted by Gasteiger charge is 2.35. The van der Waals surface area contributed by atoms with Gasteiger partial charge in [-0.2, -0.15) is 0 Å². The van der Waals surface area contributed by atoms with E-state index < -0.39 is 0 Å². The zero-order chi connectivity index (χ0) is 18.4. The highest BCUT2D eigenvalue weighted by atomic mass is 32.2. The molecule has 3 rings (SSSR count). The van der Waals surface area contributed by atoms with E-state index in [0.29, 0.717) is 18.2 Å². The molecule has 3 heterocycles. The quantitative estimate of drug-likeness (QED) is 0.742. The molecule has 144 valence electrons. The molecule has 1 amide bonds. The van der Waals surface area contributed by atoms with E-state index in [2.05, 4.69) is 21.8 Å². The van der Waals surface area contributed by atoms with E-state index in [0.717, 1.165) is 44.3 Å². The fourth-order valence-corrected chi connectivity index (χ4v) is 4.59. The Bertz CT molecular complexity index is 574. The summed E-state index contributed by atoms with van der Waals surface area (Å²) >= 11 is 1.48. The fourth-order valence-electron chi connectivity index (χ4n) is 3.83. The monoisotopic (exact) mass is 378 g/mol. The van der Waals surface area contributed by atoms with Crippen molar-refractivity contribution in [2.45, 2.75) is 11.4 Å². The third kappa shape index (κ3) is 5.42. The molecule has 0 aromatic carbocycles. The molecular formula is C19H30N4O2S. The van der Waals surface area contributed by atoms with E-state index in [1.165, 1.54) is 18.2 Å². The Labute approximate surface area is 160 Å². The zero-order valence-electron chi connectivity index (χ0n) is 15.6. The van der Waals surface area contributed by atoms with Crippen LogP contribution in [0.1, 0.15) is 6.42 Å². The number of rotatable bonds is 6. The molecule has 2 aliphatic heterocycles. The van der Waals surface area contributed by atoms with Crippen LogP contribution in [-0.4, -0.2) is 95.9 Å². The second-order valence-electron chi connectivity index (χ2n) is 7.42. The van der Waals surface area contributed by atoms with Gasteiger partial charge in [0.1, 0.15) is 0 Å². The number of aromatic nitrogens is 1. The summed E-state index contributed by atoms with van der Waals surface area (Å²) in [6.45, 7) is 7.03. The molecule has 26 heavy (non-hydrogen) atoms. The lowest BCUT2D eigenvalue weighted by molar-refractivity contribution is -0.127. The van der Waals surface area contributed by atoms with Crippen molar-refractivity contribution in [3.8, 4) is 0 Å². The molecule has 2 atom stereocenters. The van der Waals surface area contributed by atoms with Crippen LogP contribution in [0.25, 0.3) is 0 Å². The van der Waals surface area contributed by atoms with Gasteiger partial charge in [-0.15, -0.1) is 0 Å². The predicted octanol–water partition coefficient (Wildman–Crippen LogP) is 0.878. The topological polar surface area (TPSA) is 59.9 Å². The molecule has 1 aromatic heterocycles. The first kappa shape index (κ1) is 19.6. The van der Waals surface area contributed by atoms with Crippen molar-refractivity contribution in [2.75, 3.05) is 65.2 Å². The smallest absolute Gasteiger partial charge is 0.233 e. The minimum Gasteiger partial charge on any atom is -0.396 e. The van der Waals surface area contributed by atoms with E-state index in [-0.39, 0.29) is 18.4 Å². The van der Waals surface area contributed by atoms with Crippen molar-refractivity contribution in [1.29, 1.82) is 0 Å². The molecule has 0 bridgehead atoms. The molecule has 0 unspecified atom stereocenters. The Hall–Kier alpha value is -1.15. The summed E-state index contributed by atoms with van der Waals surface area (Å²) in [4.78, 5) is 23.7. The van der Waals surface area contributed by atoms with Crippen LogP contribution in [0.15, 0.2) is 29.4 Å². The largest absolute Gasteiger partial charge is 0.396 e. The van der Waals surface area contributed by atoms with Crippen molar-refractivity contribution in [3.05, 3.63) is 24.4 Å².